The van der Waals surface area contributed by atoms with Crippen molar-refractivity contribution < 1.29 is 18.4 Å². The van der Waals surface area contributed by atoms with Gasteiger partial charge in [0.25, 0.3) is 5.89 Å². The summed E-state index contributed by atoms with van der Waals surface area (Å²) in [6.07, 6.45) is 0. The Hall–Kier alpha value is -4.46. The van der Waals surface area contributed by atoms with Crippen molar-refractivity contribution in [1.82, 2.24) is 20.4 Å². The van der Waals surface area contributed by atoms with Crippen molar-refractivity contribution >= 4 is 11.6 Å². The molecule has 0 radical (unpaired) electrons. The van der Waals surface area contributed by atoms with E-state index in [0.717, 1.165) is 11.1 Å². The van der Waals surface area contributed by atoms with E-state index in [1.54, 1.807) is 24.1 Å². The van der Waals surface area contributed by atoms with Crippen LogP contribution in [-0.2, 0) is 6.54 Å². The summed E-state index contributed by atoms with van der Waals surface area (Å²) in [7, 11) is 1.60. The molecule has 0 fully saturated rings. The molecule has 1 N–H and O–H groups in total. The van der Waals surface area contributed by atoms with E-state index < -0.39 is 11.9 Å². The van der Waals surface area contributed by atoms with Gasteiger partial charge in [-0.25, -0.2) is 9.18 Å². The fraction of sp³-hybridized carbons (Fsp3) is 0.148. The molecule has 0 spiro atoms. The third kappa shape index (κ3) is 4.50. The fourth-order valence-electron chi connectivity index (χ4n) is 4.18. The second-order valence-corrected chi connectivity index (χ2v) is 8.16. The van der Waals surface area contributed by atoms with Crippen molar-refractivity contribution in [2.24, 2.45) is 0 Å². The second-order valence-electron chi connectivity index (χ2n) is 8.16. The van der Waals surface area contributed by atoms with Crippen molar-refractivity contribution in [3.63, 3.8) is 0 Å². The lowest BCUT2D eigenvalue weighted by Crippen LogP contribution is -2.45. The van der Waals surface area contributed by atoms with E-state index in [2.05, 4.69) is 15.5 Å². The number of amides is 2. The minimum Gasteiger partial charge on any atom is -0.497 e. The summed E-state index contributed by atoms with van der Waals surface area (Å²) < 4.78 is 25.1. The van der Waals surface area contributed by atoms with Gasteiger partial charge in [0.05, 0.1) is 25.3 Å². The molecule has 2 amide bonds. The van der Waals surface area contributed by atoms with Crippen LogP contribution in [0.4, 0.5) is 9.18 Å². The molecule has 176 valence electrons. The average molecular weight is 471 g/mol. The third-order valence-corrected chi connectivity index (χ3v) is 5.94. The second kappa shape index (κ2) is 9.42. The summed E-state index contributed by atoms with van der Waals surface area (Å²) >= 11 is 0. The predicted molar refractivity (Wildman–Crippen MR) is 129 cm³/mol. The van der Waals surface area contributed by atoms with Gasteiger partial charge in [-0.15, -0.1) is 0 Å². The highest BCUT2D eigenvalue weighted by molar-refractivity contribution is 5.86. The number of carbonyl (C=O) groups excluding carboxylic acids is 1. The maximum Gasteiger partial charge on any atom is 0.322 e. The Morgan fingerprint density at radius 1 is 1.06 bits per heavy atom. The first-order valence-electron chi connectivity index (χ1n) is 11.1. The predicted octanol–water partition coefficient (Wildman–Crippen LogP) is 5.58. The van der Waals surface area contributed by atoms with Gasteiger partial charge in [-0.1, -0.05) is 59.8 Å². The lowest BCUT2D eigenvalue weighted by Gasteiger charge is -2.35. The number of methoxy groups -OCH3 is 1. The van der Waals surface area contributed by atoms with Crippen molar-refractivity contribution in [1.29, 1.82) is 0 Å². The summed E-state index contributed by atoms with van der Waals surface area (Å²) in [5.74, 6) is 0.980. The van der Waals surface area contributed by atoms with E-state index in [9.17, 15) is 9.18 Å². The van der Waals surface area contributed by atoms with Gasteiger partial charge in [-0.05, 0) is 42.3 Å². The molecule has 1 unspecified atom stereocenters. The van der Waals surface area contributed by atoms with Crippen LogP contribution >= 0.6 is 0 Å². The number of aromatic nitrogens is 2. The molecule has 35 heavy (non-hydrogen) atoms. The number of rotatable bonds is 6. The minimum absolute atomic E-state index is 0.256. The van der Waals surface area contributed by atoms with E-state index in [1.807, 2.05) is 61.5 Å². The highest BCUT2D eigenvalue weighted by Gasteiger charge is 2.36. The van der Waals surface area contributed by atoms with Gasteiger partial charge in [0, 0.05) is 11.3 Å². The number of nitrogens with zero attached hydrogens (tertiary/aromatic N) is 3. The Labute approximate surface area is 201 Å². The SMILES string of the molecule is COc1cccc(CN2C(=O)NC(c3cccc(F)c3)C(c3nc(-c4ccccc4)no3)=C2C)c1. The molecular weight excluding hydrogens is 447 g/mol. The first kappa shape index (κ1) is 22.3. The van der Waals surface area contributed by atoms with E-state index in [4.69, 9.17) is 9.26 Å². The van der Waals surface area contributed by atoms with Gasteiger partial charge in [-0.2, -0.15) is 4.98 Å². The van der Waals surface area contributed by atoms with Gasteiger partial charge >= 0.3 is 6.03 Å². The fourth-order valence-corrected chi connectivity index (χ4v) is 4.18. The molecule has 3 aromatic carbocycles. The normalized spacial score (nSPS) is 15.8. The van der Waals surface area contributed by atoms with Crippen LogP contribution in [0.3, 0.4) is 0 Å². The van der Waals surface area contributed by atoms with E-state index in [0.29, 0.717) is 35.0 Å². The van der Waals surface area contributed by atoms with Crippen molar-refractivity contribution in [2.75, 3.05) is 7.11 Å². The number of urea groups is 1. The molecule has 0 saturated heterocycles. The van der Waals surface area contributed by atoms with Gasteiger partial charge in [0.2, 0.25) is 5.82 Å². The molecule has 2 heterocycles. The third-order valence-electron chi connectivity index (χ3n) is 5.94. The lowest BCUT2D eigenvalue weighted by molar-refractivity contribution is 0.203. The highest BCUT2D eigenvalue weighted by atomic mass is 19.1. The standard InChI is InChI=1S/C27H23FN4O3/c1-17-23(26-30-25(31-35-26)19-9-4-3-5-10-19)24(20-11-7-12-21(28)15-20)29-27(33)32(17)16-18-8-6-13-22(14-18)34-2/h3-15,24H,16H2,1-2H3,(H,29,33). The monoisotopic (exact) mass is 470 g/mol. The van der Waals surface area contributed by atoms with Gasteiger partial charge in [-0.3, -0.25) is 4.90 Å². The molecule has 1 aliphatic rings. The number of carbonyl (C=O) groups is 1. The first-order valence-corrected chi connectivity index (χ1v) is 11.1. The number of halogens is 1. The Balaban J connectivity index is 1.60. The van der Waals surface area contributed by atoms with Crippen LogP contribution in [0, 0.1) is 5.82 Å². The molecule has 0 bridgehead atoms. The van der Waals surface area contributed by atoms with E-state index in [1.165, 1.54) is 12.1 Å². The summed E-state index contributed by atoms with van der Waals surface area (Å²) in [6.45, 7) is 2.13. The Kier molecular flexibility index (Phi) is 6.01. The van der Waals surface area contributed by atoms with Crippen molar-refractivity contribution in [2.45, 2.75) is 19.5 Å². The van der Waals surface area contributed by atoms with Crippen LogP contribution < -0.4 is 10.1 Å². The largest absolute Gasteiger partial charge is 0.497 e. The maximum absolute atomic E-state index is 14.1. The van der Waals surface area contributed by atoms with E-state index >= 15 is 0 Å². The number of benzene rings is 3. The van der Waals surface area contributed by atoms with Crippen LogP contribution in [0.15, 0.2) is 89.1 Å². The summed E-state index contributed by atoms with van der Waals surface area (Å²) in [6, 6.07) is 22.1. The first-order chi connectivity index (χ1) is 17.0. The number of ether oxygens (including phenoxy) is 1. The smallest absolute Gasteiger partial charge is 0.322 e. The minimum atomic E-state index is -0.663. The van der Waals surface area contributed by atoms with Crippen LogP contribution in [-0.4, -0.2) is 28.2 Å². The van der Waals surface area contributed by atoms with E-state index in [-0.39, 0.29) is 11.9 Å². The average Bonchev–Trinajstić information content (AvgIpc) is 3.36. The zero-order chi connectivity index (χ0) is 24.4. The molecule has 7 nitrogen and oxygen atoms in total. The Morgan fingerprint density at radius 2 is 1.86 bits per heavy atom. The number of nitrogens with one attached hydrogen (secondary N) is 1. The summed E-state index contributed by atoms with van der Waals surface area (Å²) in [4.78, 5) is 19.4. The molecule has 1 aromatic heterocycles. The Morgan fingerprint density at radius 3 is 2.63 bits per heavy atom. The molecule has 1 atom stereocenters. The van der Waals surface area contributed by atoms with Crippen molar-refractivity contribution in [3.8, 4) is 17.1 Å². The van der Waals surface area contributed by atoms with Gasteiger partial charge < -0.3 is 14.6 Å². The van der Waals surface area contributed by atoms with Crippen molar-refractivity contribution in [3.05, 3.63) is 107 Å². The molecule has 0 aliphatic carbocycles. The van der Waals surface area contributed by atoms with Gasteiger partial charge in [0.1, 0.15) is 11.6 Å². The lowest BCUT2D eigenvalue weighted by atomic mass is 9.94. The zero-order valence-electron chi connectivity index (χ0n) is 19.2. The highest BCUT2D eigenvalue weighted by Crippen LogP contribution is 2.38. The van der Waals surface area contributed by atoms with Crippen LogP contribution in [0.1, 0.15) is 30.0 Å². The number of allylic oxidation sites excluding steroid dienone is 1. The molecular formula is C27H23FN4O3. The quantitative estimate of drug-likeness (QED) is 0.398. The topological polar surface area (TPSA) is 80.5 Å². The van der Waals surface area contributed by atoms with Crippen LogP contribution in [0.25, 0.3) is 17.0 Å². The number of hydrogen-bond donors (Lipinski definition) is 1. The maximum atomic E-state index is 14.1. The molecule has 0 saturated carbocycles. The molecule has 4 aromatic rings. The Bertz CT molecular complexity index is 1400. The van der Waals surface area contributed by atoms with Crippen LogP contribution in [0.2, 0.25) is 0 Å². The number of hydrogen-bond acceptors (Lipinski definition) is 5. The zero-order valence-corrected chi connectivity index (χ0v) is 19.2. The molecule has 1 aliphatic heterocycles. The summed E-state index contributed by atoms with van der Waals surface area (Å²) in [5.41, 5.74) is 3.50. The molecule has 8 heteroatoms. The summed E-state index contributed by atoms with van der Waals surface area (Å²) in [5, 5.41) is 7.14. The molecule has 5 rings (SSSR count). The van der Waals surface area contributed by atoms with Crippen LogP contribution in [0.5, 0.6) is 5.75 Å². The van der Waals surface area contributed by atoms with Gasteiger partial charge in [0.15, 0.2) is 0 Å².